The number of nitrogens with zero attached hydrogens (tertiary/aromatic N) is 1. The van der Waals surface area contributed by atoms with Gasteiger partial charge >= 0.3 is 5.97 Å². The van der Waals surface area contributed by atoms with E-state index >= 15 is 0 Å². The van der Waals surface area contributed by atoms with E-state index in [0.717, 1.165) is 12.1 Å². The lowest BCUT2D eigenvalue weighted by atomic mass is 10.2. The first-order valence-corrected chi connectivity index (χ1v) is 6.99. The van der Waals surface area contributed by atoms with Gasteiger partial charge in [0.25, 0.3) is 0 Å². The van der Waals surface area contributed by atoms with E-state index in [1.807, 2.05) is 0 Å². The molecule has 0 aliphatic rings. The molecule has 2 aromatic rings. The van der Waals surface area contributed by atoms with Crippen LogP contribution in [-0.4, -0.2) is 29.7 Å². The number of nitrogens with one attached hydrogen (secondary N) is 2. The van der Waals surface area contributed by atoms with Crippen LogP contribution in [0.2, 0.25) is 0 Å². The standard InChI is InChI=1S/C11H12N4O4S/c12-7-1-2-10(9(5-7)11(16)17)20(18,19)14-6-8-3-4-13-15-8/h1-5,14H,6,12H2,(H,13,15)(H,16,17). The Labute approximate surface area is 114 Å². The number of benzene rings is 1. The first-order chi connectivity index (χ1) is 9.40. The molecule has 0 amide bonds. The van der Waals surface area contributed by atoms with Crippen LogP contribution in [0.1, 0.15) is 16.1 Å². The summed E-state index contributed by atoms with van der Waals surface area (Å²) in [6.45, 7) is -0.0221. The Bertz CT molecular complexity index is 725. The summed E-state index contributed by atoms with van der Waals surface area (Å²) in [5.41, 5.74) is 5.83. The van der Waals surface area contributed by atoms with Crippen molar-refractivity contribution in [2.45, 2.75) is 11.4 Å². The highest BCUT2D eigenvalue weighted by atomic mass is 32.2. The zero-order valence-electron chi connectivity index (χ0n) is 10.2. The number of carboxylic acids is 1. The minimum Gasteiger partial charge on any atom is -0.478 e. The summed E-state index contributed by atoms with van der Waals surface area (Å²) in [5, 5.41) is 15.3. The number of aromatic amines is 1. The fourth-order valence-corrected chi connectivity index (χ4v) is 2.77. The molecule has 1 aromatic carbocycles. The van der Waals surface area contributed by atoms with E-state index in [1.54, 1.807) is 6.07 Å². The number of carbonyl (C=O) groups is 1. The summed E-state index contributed by atoms with van der Waals surface area (Å²) in [4.78, 5) is 10.8. The van der Waals surface area contributed by atoms with E-state index in [2.05, 4.69) is 14.9 Å². The molecule has 0 saturated carbocycles. The van der Waals surface area contributed by atoms with Gasteiger partial charge in [-0.1, -0.05) is 0 Å². The Morgan fingerprint density at radius 3 is 2.75 bits per heavy atom. The molecule has 0 saturated heterocycles. The lowest BCUT2D eigenvalue weighted by Crippen LogP contribution is -2.25. The molecule has 0 aliphatic heterocycles. The third-order valence-electron chi connectivity index (χ3n) is 2.53. The summed E-state index contributed by atoms with van der Waals surface area (Å²) in [6, 6.07) is 5.20. The fraction of sp³-hybridized carbons (Fsp3) is 0.0909. The average Bonchev–Trinajstić information content (AvgIpc) is 2.89. The zero-order valence-corrected chi connectivity index (χ0v) is 11.0. The molecule has 0 spiro atoms. The van der Waals surface area contributed by atoms with Crippen LogP contribution in [0.5, 0.6) is 0 Å². The van der Waals surface area contributed by atoms with Gasteiger partial charge in [-0.3, -0.25) is 5.10 Å². The summed E-state index contributed by atoms with van der Waals surface area (Å²) in [6.07, 6.45) is 1.48. The van der Waals surface area contributed by atoms with Gasteiger partial charge in [-0.15, -0.1) is 0 Å². The van der Waals surface area contributed by atoms with Crippen LogP contribution in [0, 0.1) is 0 Å². The van der Waals surface area contributed by atoms with Crippen LogP contribution in [-0.2, 0) is 16.6 Å². The molecule has 2 rings (SSSR count). The number of aromatic nitrogens is 2. The summed E-state index contributed by atoms with van der Waals surface area (Å²) >= 11 is 0. The number of anilines is 1. The number of aromatic carboxylic acids is 1. The second-order valence-electron chi connectivity index (χ2n) is 3.97. The smallest absolute Gasteiger partial charge is 0.337 e. The van der Waals surface area contributed by atoms with Gasteiger partial charge in [0.2, 0.25) is 10.0 Å². The molecule has 20 heavy (non-hydrogen) atoms. The quantitative estimate of drug-likeness (QED) is 0.580. The largest absolute Gasteiger partial charge is 0.478 e. The van der Waals surface area contributed by atoms with Crippen molar-refractivity contribution in [3.05, 3.63) is 41.7 Å². The molecule has 0 fully saturated rings. The van der Waals surface area contributed by atoms with Crippen LogP contribution >= 0.6 is 0 Å². The van der Waals surface area contributed by atoms with Crippen LogP contribution in [0.15, 0.2) is 35.4 Å². The van der Waals surface area contributed by atoms with Crippen molar-refractivity contribution < 1.29 is 18.3 Å². The Balaban J connectivity index is 2.31. The van der Waals surface area contributed by atoms with Crippen LogP contribution in [0.25, 0.3) is 0 Å². The summed E-state index contributed by atoms with van der Waals surface area (Å²) in [7, 11) is -3.96. The third-order valence-corrected chi connectivity index (χ3v) is 3.99. The Morgan fingerprint density at radius 2 is 2.15 bits per heavy atom. The molecule has 9 heteroatoms. The number of nitrogen functional groups attached to an aromatic ring is 1. The zero-order chi connectivity index (χ0) is 14.8. The number of nitrogens with two attached hydrogens (primary N) is 1. The predicted octanol–water partition coefficient (Wildman–Crippen LogP) is 0.169. The molecule has 0 unspecified atom stereocenters. The second kappa shape index (κ2) is 5.31. The minimum absolute atomic E-state index is 0.0221. The maximum atomic E-state index is 12.1. The van der Waals surface area contributed by atoms with Gasteiger partial charge in [0.15, 0.2) is 0 Å². The number of rotatable bonds is 5. The van der Waals surface area contributed by atoms with Crippen molar-refractivity contribution in [1.82, 2.24) is 14.9 Å². The van der Waals surface area contributed by atoms with Crippen molar-refractivity contribution in [2.24, 2.45) is 0 Å². The highest BCUT2D eigenvalue weighted by Crippen LogP contribution is 2.19. The van der Waals surface area contributed by atoms with Crippen LogP contribution in [0.4, 0.5) is 5.69 Å². The van der Waals surface area contributed by atoms with E-state index < -0.39 is 16.0 Å². The topological polar surface area (TPSA) is 138 Å². The van der Waals surface area contributed by atoms with Gasteiger partial charge in [0.05, 0.1) is 22.7 Å². The van der Waals surface area contributed by atoms with Gasteiger partial charge in [-0.2, -0.15) is 5.10 Å². The molecule has 5 N–H and O–H groups in total. The molecule has 1 heterocycles. The molecule has 0 aliphatic carbocycles. The van der Waals surface area contributed by atoms with Crippen molar-refractivity contribution in [3.8, 4) is 0 Å². The Kier molecular flexibility index (Phi) is 3.72. The molecule has 8 nitrogen and oxygen atoms in total. The van der Waals surface area contributed by atoms with Crippen molar-refractivity contribution in [2.75, 3.05) is 5.73 Å². The molecule has 106 valence electrons. The third kappa shape index (κ3) is 2.95. The molecular weight excluding hydrogens is 284 g/mol. The van der Waals surface area contributed by atoms with E-state index in [0.29, 0.717) is 5.69 Å². The Morgan fingerprint density at radius 1 is 1.40 bits per heavy atom. The lowest BCUT2D eigenvalue weighted by molar-refractivity contribution is 0.0692. The van der Waals surface area contributed by atoms with Gasteiger partial charge in [-0.05, 0) is 24.3 Å². The molecule has 0 atom stereocenters. The van der Waals surface area contributed by atoms with E-state index in [9.17, 15) is 13.2 Å². The van der Waals surface area contributed by atoms with Gasteiger partial charge < -0.3 is 10.8 Å². The van der Waals surface area contributed by atoms with Gasteiger partial charge in [0, 0.05) is 11.9 Å². The summed E-state index contributed by atoms with van der Waals surface area (Å²) < 4.78 is 26.5. The van der Waals surface area contributed by atoms with Crippen LogP contribution < -0.4 is 10.5 Å². The van der Waals surface area contributed by atoms with Crippen molar-refractivity contribution in [1.29, 1.82) is 0 Å². The monoisotopic (exact) mass is 296 g/mol. The van der Waals surface area contributed by atoms with Gasteiger partial charge in [-0.25, -0.2) is 17.9 Å². The lowest BCUT2D eigenvalue weighted by Gasteiger charge is -2.09. The number of hydrogen-bond donors (Lipinski definition) is 4. The highest BCUT2D eigenvalue weighted by molar-refractivity contribution is 7.89. The normalized spacial score (nSPS) is 11.4. The van der Waals surface area contributed by atoms with E-state index in [1.165, 1.54) is 12.3 Å². The molecule has 0 radical (unpaired) electrons. The Hall–Kier alpha value is -2.39. The summed E-state index contributed by atoms with van der Waals surface area (Å²) in [5.74, 6) is -1.36. The number of hydrogen-bond acceptors (Lipinski definition) is 5. The number of sulfonamides is 1. The average molecular weight is 296 g/mol. The minimum atomic E-state index is -3.96. The number of H-pyrrole nitrogens is 1. The molecule has 0 bridgehead atoms. The first-order valence-electron chi connectivity index (χ1n) is 5.51. The second-order valence-corrected chi connectivity index (χ2v) is 5.70. The van der Waals surface area contributed by atoms with Crippen molar-refractivity contribution >= 4 is 21.7 Å². The van der Waals surface area contributed by atoms with E-state index in [4.69, 9.17) is 10.8 Å². The van der Waals surface area contributed by atoms with E-state index in [-0.39, 0.29) is 22.7 Å². The maximum absolute atomic E-state index is 12.1. The van der Waals surface area contributed by atoms with Crippen molar-refractivity contribution in [3.63, 3.8) is 0 Å². The first kappa shape index (κ1) is 14.0. The molecule has 1 aromatic heterocycles. The van der Waals surface area contributed by atoms with Crippen LogP contribution in [0.3, 0.4) is 0 Å². The number of carboxylic acid groups (broad SMARTS) is 1. The molecular formula is C11H12N4O4S. The SMILES string of the molecule is Nc1ccc(S(=O)(=O)NCc2ccn[nH]2)c(C(=O)O)c1. The maximum Gasteiger partial charge on any atom is 0.337 e. The van der Waals surface area contributed by atoms with Gasteiger partial charge in [0.1, 0.15) is 0 Å². The fourth-order valence-electron chi connectivity index (χ4n) is 1.58. The predicted molar refractivity (Wildman–Crippen MR) is 70.4 cm³/mol. The highest BCUT2D eigenvalue weighted by Gasteiger charge is 2.22.